The monoisotopic (exact) mass is 209 g/mol. The zero-order valence-corrected chi connectivity index (χ0v) is 8.25. The average Bonchev–Trinajstić information content (AvgIpc) is 2.49. The van der Waals surface area contributed by atoms with E-state index in [-0.39, 0.29) is 0 Å². The Morgan fingerprint density at radius 2 is 2.21 bits per heavy atom. The Kier molecular flexibility index (Phi) is 2.13. The zero-order chi connectivity index (χ0) is 10.1. The molecule has 0 fully saturated rings. The molecule has 0 saturated heterocycles. The van der Waals surface area contributed by atoms with Gasteiger partial charge < -0.3 is 10.3 Å². The molecule has 0 spiro atoms. The number of nitrogen functional groups attached to an aromatic ring is 1. The Hall–Kier alpha value is -1.55. The molecule has 72 valence electrons. The summed E-state index contributed by atoms with van der Waals surface area (Å²) in [5.41, 5.74) is 7.74. The number of halogens is 1. The fraction of sp³-hybridized carbons (Fsp3) is 0.111. The van der Waals surface area contributed by atoms with Gasteiger partial charge in [0.15, 0.2) is 5.76 Å². The number of hydrogen-bond donors (Lipinski definition) is 1. The van der Waals surface area contributed by atoms with E-state index in [1.54, 1.807) is 6.07 Å². The van der Waals surface area contributed by atoms with Gasteiger partial charge in [0.2, 0.25) is 0 Å². The van der Waals surface area contributed by atoms with Crippen LogP contribution < -0.4 is 5.73 Å². The lowest BCUT2D eigenvalue weighted by molar-refractivity contribution is 0.432. The number of rotatable bonds is 1. The number of aryl methyl sites for hydroxylation is 1. The second-order valence-corrected chi connectivity index (χ2v) is 3.32. The Morgan fingerprint density at radius 1 is 1.43 bits per heavy atom. The first kappa shape index (κ1) is 9.02. The molecule has 2 aromatic heterocycles. The Morgan fingerprint density at radius 3 is 2.79 bits per heavy atom. The molecule has 0 radical (unpaired) electrons. The van der Waals surface area contributed by atoms with Gasteiger partial charge in [-0.05, 0) is 19.1 Å². The van der Waals surface area contributed by atoms with Crippen molar-refractivity contribution < 1.29 is 4.52 Å². The number of nitrogens with zero attached hydrogens (tertiary/aromatic N) is 2. The van der Waals surface area contributed by atoms with Crippen LogP contribution >= 0.6 is 11.6 Å². The van der Waals surface area contributed by atoms with Crippen LogP contribution in [0.3, 0.4) is 0 Å². The van der Waals surface area contributed by atoms with Crippen LogP contribution in [0, 0.1) is 6.92 Å². The van der Waals surface area contributed by atoms with Crippen LogP contribution in [0.25, 0.3) is 11.3 Å². The van der Waals surface area contributed by atoms with Crippen molar-refractivity contribution in [3.63, 3.8) is 0 Å². The van der Waals surface area contributed by atoms with Crippen molar-refractivity contribution in [2.24, 2.45) is 0 Å². The van der Waals surface area contributed by atoms with E-state index >= 15 is 0 Å². The van der Waals surface area contributed by atoms with E-state index in [1.165, 1.54) is 6.20 Å². The highest BCUT2D eigenvalue weighted by molar-refractivity contribution is 6.29. The first-order chi connectivity index (χ1) is 6.66. The minimum Gasteiger partial charge on any atom is -0.394 e. The molecule has 4 nitrogen and oxygen atoms in total. The number of pyridine rings is 1. The second-order valence-electron chi connectivity index (χ2n) is 2.93. The Bertz CT molecular complexity index is 447. The van der Waals surface area contributed by atoms with E-state index < -0.39 is 0 Å². The van der Waals surface area contributed by atoms with Crippen LogP contribution in [0.1, 0.15) is 5.69 Å². The predicted octanol–water partition coefficient (Wildman–Crippen LogP) is 2.28. The summed E-state index contributed by atoms with van der Waals surface area (Å²) < 4.78 is 5.00. The molecule has 0 saturated carbocycles. The molecule has 0 bridgehead atoms. The maximum absolute atomic E-state index is 5.81. The second kappa shape index (κ2) is 3.31. The highest BCUT2D eigenvalue weighted by atomic mass is 35.5. The van der Waals surface area contributed by atoms with Crippen molar-refractivity contribution in [2.75, 3.05) is 5.73 Å². The third kappa shape index (κ3) is 1.56. The Balaban J connectivity index is 2.57. The van der Waals surface area contributed by atoms with Crippen LogP contribution in [-0.2, 0) is 0 Å². The van der Waals surface area contributed by atoms with Gasteiger partial charge in [0.1, 0.15) is 10.8 Å². The van der Waals surface area contributed by atoms with Gasteiger partial charge in [0, 0.05) is 11.3 Å². The SMILES string of the molecule is Cc1cc(-c2oncc2N)cc(Cl)n1. The molecule has 2 aromatic rings. The number of aromatic nitrogens is 2. The van der Waals surface area contributed by atoms with Crippen molar-refractivity contribution in [1.82, 2.24) is 10.1 Å². The lowest BCUT2D eigenvalue weighted by atomic mass is 10.2. The fourth-order valence-electron chi connectivity index (χ4n) is 1.23. The topological polar surface area (TPSA) is 64.9 Å². The van der Waals surface area contributed by atoms with Gasteiger partial charge in [-0.25, -0.2) is 4.98 Å². The van der Waals surface area contributed by atoms with E-state index in [1.807, 2.05) is 13.0 Å². The number of hydrogen-bond acceptors (Lipinski definition) is 4. The molecule has 0 amide bonds. The molecule has 14 heavy (non-hydrogen) atoms. The third-order valence-corrected chi connectivity index (χ3v) is 1.98. The highest BCUT2D eigenvalue weighted by Gasteiger charge is 2.09. The first-order valence-electron chi connectivity index (χ1n) is 4.01. The molecule has 0 unspecified atom stereocenters. The van der Waals surface area contributed by atoms with Crippen molar-refractivity contribution in [3.8, 4) is 11.3 Å². The van der Waals surface area contributed by atoms with Crippen LogP contribution in [-0.4, -0.2) is 10.1 Å². The van der Waals surface area contributed by atoms with Crippen LogP contribution in [0.2, 0.25) is 5.15 Å². The van der Waals surface area contributed by atoms with E-state index in [0.29, 0.717) is 16.6 Å². The largest absolute Gasteiger partial charge is 0.394 e. The van der Waals surface area contributed by atoms with Gasteiger partial charge in [-0.2, -0.15) is 0 Å². The van der Waals surface area contributed by atoms with Gasteiger partial charge in [-0.1, -0.05) is 16.8 Å². The van der Waals surface area contributed by atoms with Gasteiger partial charge >= 0.3 is 0 Å². The summed E-state index contributed by atoms with van der Waals surface area (Å²) in [6, 6.07) is 3.52. The molecule has 0 aliphatic rings. The number of anilines is 1. The first-order valence-corrected chi connectivity index (χ1v) is 4.39. The maximum Gasteiger partial charge on any atom is 0.189 e. The average molecular weight is 210 g/mol. The summed E-state index contributed by atoms with van der Waals surface area (Å²) in [7, 11) is 0. The fourth-order valence-corrected chi connectivity index (χ4v) is 1.48. The van der Waals surface area contributed by atoms with Gasteiger partial charge in [-0.15, -0.1) is 0 Å². The van der Waals surface area contributed by atoms with Crippen molar-refractivity contribution in [3.05, 3.63) is 29.2 Å². The summed E-state index contributed by atoms with van der Waals surface area (Å²) in [5, 5.41) is 4.01. The minimum atomic E-state index is 0.413. The molecule has 5 heteroatoms. The predicted molar refractivity (Wildman–Crippen MR) is 53.9 cm³/mol. The highest BCUT2D eigenvalue weighted by Crippen LogP contribution is 2.27. The molecule has 0 aliphatic carbocycles. The van der Waals surface area contributed by atoms with E-state index in [0.717, 1.165) is 11.3 Å². The molecular weight excluding hydrogens is 202 g/mol. The molecule has 2 rings (SSSR count). The smallest absolute Gasteiger partial charge is 0.189 e. The van der Waals surface area contributed by atoms with Crippen LogP contribution in [0.5, 0.6) is 0 Å². The van der Waals surface area contributed by atoms with E-state index in [2.05, 4.69) is 10.1 Å². The van der Waals surface area contributed by atoms with Crippen LogP contribution in [0.4, 0.5) is 5.69 Å². The normalized spacial score (nSPS) is 10.4. The van der Waals surface area contributed by atoms with Crippen molar-refractivity contribution >= 4 is 17.3 Å². The standard InChI is InChI=1S/C9H8ClN3O/c1-5-2-6(3-8(10)13-5)9-7(11)4-12-14-9/h2-4H,11H2,1H3. The van der Waals surface area contributed by atoms with Gasteiger partial charge in [0.05, 0.1) is 6.20 Å². The van der Waals surface area contributed by atoms with Crippen LogP contribution in [0.15, 0.2) is 22.9 Å². The summed E-state index contributed by atoms with van der Waals surface area (Å²) in [6.45, 7) is 1.85. The minimum absolute atomic E-state index is 0.413. The van der Waals surface area contributed by atoms with Gasteiger partial charge in [-0.3, -0.25) is 0 Å². The molecule has 0 atom stereocenters. The summed E-state index contributed by atoms with van der Waals surface area (Å²) in [4.78, 5) is 4.04. The zero-order valence-electron chi connectivity index (χ0n) is 7.49. The molecular formula is C9H8ClN3O. The van der Waals surface area contributed by atoms with Gasteiger partial charge in [0.25, 0.3) is 0 Å². The third-order valence-electron chi connectivity index (χ3n) is 1.78. The maximum atomic E-state index is 5.81. The molecule has 2 N–H and O–H groups in total. The van der Waals surface area contributed by atoms with E-state index in [9.17, 15) is 0 Å². The molecule has 0 aliphatic heterocycles. The lowest BCUT2D eigenvalue weighted by Gasteiger charge is -1.99. The quantitative estimate of drug-likeness (QED) is 0.732. The van der Waals surface area contributed by atoms with Crippen molar-refractivity contribution in [1.29, 1.82) is 0 Å². The Labute approximate surface area is 85.7 Å². The summed E-state index contributed by atoms with van der Waals surface area (Å²) in [6.07, 6.45) is 1.46. The summed E-state index contributed by atoms with van der Waals surface area (Å²) in [5.74, 6) is 0.525. The molecule has 2 heterocycles. The van der Waals surface area contributed by atoms with E-state index in [4.69, 9.17) is 21.9 Å². The lowest BCUT2D eigenvalue weighted by Crippen LogP contribution is -1.87. The number of nitrogens with two attached hydrogens (primary N) is 1. The summed E-state index contributed by atoms with van der Waals surface area (Å²) >= 11 is 5.81. The van der Waals surface area contributed by atoms with Crippen molar-refractivity contribution in [2.45, 2.75) is 6.92 Å². The molecule has 0 aromatic carbocycles.